The fourth-order valence-corrected chi connectivity index (χ4v) is 4.60. The van der Waals surface area contributed by atoms with Crippen molar-refractivity contribution in [2.75, 3.05) is 31.1 Å². The van der Waals surface area contributed by atoms with Gasteiger partial charge in [-0.05, 0) is 57.2 Å². The molecule has 0 atom stereocenters. The molecule has 1 saturated heterocycles. The number of fused-ring (bicyclic) bond motifs is 1. The maximum Gasteiger partial charge on any atom is 0.274 e. The highest BCUT2D eigenvalue weighted by Gasteiger charge is 2.27. The molecule has 8 heteroatoms. The summed E-state index contributed by atoms with van der Waals surface area (Å²) >= 11 is 0. The Hall–Kier alpha value is -3.42. The van der Waals surface area contributed by atoms with Crippen molar-refractivity contribution in [3.05, 3.63) is 69.3 Å². The van der Waals surface area contributed by atoms with E-state index < -0.39 is 0 Å². The van der Waals surface area contributed by atoms with Crippen molar-refractivity contribution in [3.8, 4) is 5.69 Å². The van der Waals surface area contributed by atoms with E-state index in [1.807, 2.05) is 36.1 Å². The zero-order chi connectivity index (χ0) is 22.1. The molecule has 166 valence electrons. The lowest BCUT2D eigenvalue weighted by atomic mass is 9.95. The van der Waals surface area contributed by atoms with E-state index >= 15 is 0 Å². The van der Waals surface area contributed by atoms with Gasteiger partial charge in [-0.15, -0.1) is 5.10 Å². The van der Waals surface area contributed by atoms with Crippen molar-refractivity contribution >= 4 is 11.7 Å². The summed E-state index contributed by atoms with van der Waals surface area (Å²) in [5, 5.41) is 12.1. The van der Waals surface area contributed by atoms with Crippen LogP contribution in [0.5, 0.6) is 0 Å². The second kappa shape index (κ2) is 8.61. The van der Waals surface area contributed by atoms with Crippen molar-refractivity contribution in [1.29, 1.82) is 0 Å². The topological polar surface area (TPSA) is 87.1 Å². The second-order valence-electron chi connectivity index (χ2n) is 8.65. The molecule has 1 aliphatic heterocycles. The van der Waals surface area contributed by atoms with Gasteiger partial charge in [0.1, 0.15) is 5.82 Å². The molecule has 1 aliphatic carbocycles. The molecule has 2 aliphatic rings. The lowest BCUT2D eigenvalue weighted by molar-refractivity contribution is 0.0760. The molecule has 0 unspecified atom stereocenters. The van der Waals surface area contributed by atoms with Crippen LogP contribution < -0.4 is 10.5 Å². The third-order valence-corrected chi connectivity index (χ3v) is 6.43. The number of nitrogens with one attached hydrogen (secondary N) is 1. The Labute approximate surface area is 186 Å². The van der Waals surface area contributed by atoms with Crippen molar-refractivity contribution in [3.63, 3.8) is 0 Å². The van der Waals surface area contributed by atoms with Crippen LogP contribution in [0.3, 0.4) is 0 Å². The van der Waals surface area contributed by atoms with Gasteiger partial charge in [-0.2, -0.15) is 9.78 Å². The second-order valence-corrected chi connectivity index (χ2v) is 8.65. The number of carbonyl (C=O) groups is 1. The van der Waals surface area contributed by atoms with Crippen molar-refractivity contribution < 1.29 is 4.79 Å². The van der Waals surface area contributed by atoms with Crippen molar-refractivity contribution in [2.45, 2.75) is 39.0 Å². The fourth-order valence-electron chi connectivity index (χ4n) is 4.60. The molecule has 2 aromatic heterocycles. The summed E-state index contributed by atoms with van der Waals surface area (Å²) in [5.41, 5.74) is 4.55. The van der Waals surface area contributed by atoms with Gasteiger partial charge in [0, 0.05) is 43.5 Å². The summed E-state index contributed by atoms with van der Waals surface area (Å²) in [7, 11) is 0. The number of nitrogens with zero attached hydrogens (tertiary/aromatic N) is 5. The highest BCUT2D eigenvalue weighted by Crippen LogP contribution is 2.24. The van der Waals surface area contributed by atoms with Gasteiger partial charge in [0.15, 0.2) is 5.69 Å². The number of hydrogen-bond donors (Lipinski definition) is 1. The van der Waals surface area contributed by atoms with E-state index in [9.17, 15) is 9.59 Å². The van der Waals surface area contributed by atoms with Crippen LogP contribution in [-0.2, 0) is 12.8 Å². The molecular weight excluding hydrogens is 404 g/mol. The summed E-state index contributed by atoms with van der Waals surface area (Å²) in [6.45, 7) is 4.75. The highest BCUT2D eigenvalue weighted by molar-refractivity contribution is 5.94. The van der Waals surface area contributed by atoms with Crippen molar-refractivity contribution in [2.24, 2.45) is 0 Å². The number of H-pyrrole nitrogens is 1. The van der Waals surface area contributed by atoms with Crippen molar-refractivity contribution in [1.82, 2.24) is 24.9 Å². The number of aromatic nitrogens is 4. The molecular formula is C24H28N6O2. The van der Waals surface area contributed by atoms with E-state index in [4.69, 9.17) is 0 Å². The predicted molar refractivity (Wildman–Crippen MR) is 123 cm³/mol. The van der Waals surface area contributed by atoms with Gasteiger partial charge in [-0.3, -0.25) is 14.7 Å². The predicted octanol–water partition coefficient (Wildman–Crippen LogP) is 2.50. The third-order valence-electron chi connectivity index (χ3n) is 6.43. The van der Waals surface area contributed by atoms with E-state index in [2.05, 4.69) is 20.2 Å². The first kappa shape index (κ1) is 20.5. The summed E-state index contributed by atoms with van der Waals surface area (Å²) in [6.07, 6.45) is 5.01. The van der Waals surface area contributed by atoms with Crippen LogP contribution in [-0.4, -0.2) is 57.0 Å². The van der Waals surface area contributed by atoms with E-state index in [-0.39, 0.29) is 11.5 Å². The molecule has 0 spiro atoms. The summed E-state index contributed by atoms with van der Waals surface area (Å²) in [5.74, 6) is 0.764. The molecule has 3 aromatic rings. The SMILES string of the molecule is Cc1ccc(-n2nc(N3CCCN(C(=O)c4n[nH]c5c4CCCC5)CC3)ccc2=O)cc1. The molecule has 0 bridgehead atoms. The molecule has 0 saturated carbocycles. The van der Waals surface area contributed by atoms with Gasteiger partial charge in [-0.25, -0.2) is 0 Å². The van der Waals surface area contributed by atoms with Crippen LogP contribution in [0, 0.1) is 6.92 Å². The molecule has 0 radical (unpaired) electrons. The minimum Gasteiger partial charge on any atom is -0.353 e. The van der Waals surface area contributed by atoms with Gasteiger partial charge in [0.25, 0.3) is 11.5 Å². The van der Waals surface area contributed by atoms with Crippen LogP contribution in [0.25, 0.3) is 5.69 Å². The Bertz CT molecular complexity index is 1180. The van der Waals surface area contributed by atoms with Crippen LogP contribution in [0.1, 0.15) is 46.6 Å². The summed E-state index contributed by atoms with van der Waals surface area (Å²) < 4.78 is 1.44. The van der Waals surface area contributed by atoms with Crippen LogP contribution in [0.4, 0.5) is 5.82 Å². The van der Waals surface area contributed by atoms with Crippen LogP contribution in [0.2, 0.25) is 0 Å². The Morgan fingerprint density at radius 2 is 1.75 bits per heavy atom. The average Bonchev–Trinajstić information content (AvgIpc) is 3.09. The quantitative estimate of drug-likeness (QED) is 0.687. The normalized spacial score (nSPS) is 16.5. The summed E-state index contributed by atoms with van der Waals surface area (Å²) in [6, 6.07) is 11.1. The standard InChI is InChI=1S/C24H28N6O2/c1-17-7-9-18(10-8-17)30-22(31)12-11-21(27-30)28-13-4-14-29(16-15-28)24(32)23-19-5-2-3-6-20(19)25-26-23/h7-12H,2-6,13-16H2,1H3,(H,25,26). The monoisotopic (exact) mass is 432 g/mol. The maximum absolute atomic E-state index is 13.2. The number of amides is 1. The average molecular weight is 433 g/mol. The van der Waals surface area contributed by atoms with Gasteiger partial charge < -0.3 is 9.80 Å². The van der Waals surface area contributed by atoms with E-state index in [1.54, 1.807) is 12.1 Å². The molecule has 1 aromatic carbocycles. The highest BCUT2D eigenvalue weighted by atomic mass is 16.2. The molecule has 5 rings (SSSR count). The van der Waals surface area contributed by atoms with Crippen LogP contribution in [0.15, 0.2) is 41.2 Å². The minimum atomic E-state index is -0.160. The van der Waals surface area contributed by atoms with E-state index in [0.717, 1.165) is 67.0 Å². The van der Waals surface area contributed by atoms with Gasteiger partial charge in [0.2, 0.25) is 0 Å². The Morgan fingerprint density at radius 3 is 2.59 bits per heavy atom. The summed E-state index contributed by atoms with van der Waals surface area (Å²) in [4.78, 5) is 29.7. The Kier molecular flexibility index (Phi) is 5.51. The Balaban J connectivity index is 1.33. The molecule has 32 heavy (non-hydrogen) atoms. The fraction of sp³-hybridized carbons (Fsp3) is 0.417. The zero-order valence-electron chi connectivity index (χ0n) is 18.4. The van der Waals surface area contributed by atoms with E-state index in [0.29, 0.717) is 25.3 Å². The van der Waals surface area contributed by atoms with E-state index in [1.165, 1.54) is 4.68 Å². The molecule has 1 amide bonds. The van der Waals surface area contributed by atoms with Gasteiger partial charge in [0.05, 0.1) is 5.69 Å². The lowest BCUT2D eigenvalue weighted by Crippen LogP contribution is -2.36. The number of rotatable bonds is 3. The van der Waals surface area contributed by atoms with Gasteiger partial charge >= 0.3 is 0 Å². The first-order valence-electron chi connectivity index (χ1n) is 11.4. The third kappa shape index (κ3) is 3.92. The number of aryl methyl sites for hydroxylation is 2. The largest absolute Gasteiger partial charge is 0.353 e. The number of aromatic amines is 1. The number of anilines is 1. The number of hydrogen-bond acceptors (Lipinski definition) is 5. The molecule has 8 nitrogen and oxygen atoms in total. The Morgan fingerprint density at radius 1 is 0.938 bits per heavy atom. The number of carbonyl (C=O) groups excluding carboxylic acids is 1. The minimum absolute atomic E-state index is 0.0174. The molecule has 3 heterocycles. The smallest absolute Gasteiger partial charge is 0.274 e. The number of benzene rings is 1. The van der Waals surface area contributed by atoms with Crippen LogP contribution >= 0.6 is 0 Å². The maximum atomic E-state index is 13.2. The molecule has 1 fully saturated rings. The lowest BCUT2D eigenvalue weighted by Gasteiger charge is -2.23. The first-order valence-corrected chi connectivity index (χ1v) is 11.4. The first-order chi connectivity index (χ1) is 15.6. The van der Waals surface area contributed by atoms with Gasteiger partial charge in [-0.1, -0.05) is 17.7 Å². The zero-order valence-corrected chi connectivity index (χ0v) is 18.4. The molecule has 1 N–H and O–H groups in total.